The van der Waals surface area contributed by atoms with Crippen molar-refractivity contribution < 1.29 is 14.1 Å². The summed E-state index contributed by atoms with van der Waals surface area (Å²) < 4.78 is 4.90. The van der Waals surface area contributed by atoms with Crippen molar-refractivity contribution in [3.05, 3.63) is 76.0 Å². The third-order valence-corrected chi connectivity index (χ3v) is 3.18. The summed E-state index contributed by atoms with van der Waals surface area (Å²) >= 11 is 0. The summed E-state index contributed by atoms with van der Waals surface area (Å²) in [6.07, 6.45) is 1.20. The molecule has 0 bridgehead atoms. The van der Waals surface area contributed by atoms with E-state index in [1.807, 2.05) is 30.3 Å². The summed E-state index contributed by atoms with van der Waals surface area (Å²) in [7, 11) is 0. The summed E-state index contributed by atoms with van der Waals surface area (Å²) in [5.74, 6) is -0.583. The molecule has 0 unspecified atom stereocenters. The summed E-state index contributed by atoms with van der Waals surface area (Å²) in [5, 5.41) is 16.0. The highest BCUT2D eigenvalue weighted by molar-refractivity contribution is 6.07. The van der Waals surface area contributed by atoms with Crippen LogP contribution in [-0.4, -0.2) is 17.0 Å². The van der Waals surface area contributed by atoms with E-state index in [0.29, 0.717) is 5.56 Å². The Balaban J connectivity index is 1.75. The zero-order valence-electron chi connectivity index (χ0n) is 11.8. The standard InChI is InChI=1S/C16H11N3O4/c20-16(14-7-3-5-11-4-1-2-6-13(11)14)18-17-10-12-8-9-15(23-12)19(21)22/h1-10H,(H,18,20)/b17-10-. The molecule has 0 atom stereocenters. The quantitative estimate of drug-likeness (QED) is 0.455. The molecule has 0 saturated carbocycles. The van der Waals surface area contributed by atoms with Crippen LogP contribution in [0.2, 0.25) is 0 Å². The molecule has 0 spiro atoms. The number of carbonyl (C=O) groups excluding carboxylic acids is 1. The molecule has 2 aromatic carbocycles. The SMILES string of the molecule is O=C(N/N=C\c1ccc([N+](=O)[O-])o1)c1cccc2ccccc12. The molecule has 3 aromatic rings. The van der Waals surface area contributed by atoms with Gasteiger partial charge in [0.25, 0.3) is 5.91 Å². The van der Waals surface area contributed by atoms with Crippen molar-refractivity contribution >= 4 is 28.8 Å². The van der Waals surface area contributed by atoms with Crippen LogP contribution < -0.4 is 5.43 Å². The Hall–Kier alpha value is -3.48. The summed E-state index contributed by atoms with van der Waals surface area (Å²) in [4.78, 5) is 22.1. The third kappa shape index (κ3) is 3.08. The Kier molecular flexibility index (Phi) is 3.84. The molecular formula is C16H11N3O4. The molecule has 1 aromatic heterocycles. The van der Waals surface area contributed by atoms with Crippen molar-refractivity contribution in [2.24, 2.45) is 5.10 Å². The number of nitro groups is 1. The summed E-state index contributed by atoms with van der Waals surface area (Å²) in [5.41, 5.74) is 2.87. The first-order chi connectivity index (χ1) is 11.1. The number of nitrogens with zero attached hydrogens (tertiary/aromatic N) is 2. The number of amides is 1. The molecule has 23 heavy (non-hydrogen) atoms. The minimum Gasteiger partial charge on any atom is -0.400 e. The maximum atomic E-state index is 12.2. The average Bonchev–Trinajstić information content (AvgIpc) is 3.03. The van der Waals surface area contributed by atoms with Crippen molar-refractivity contribution in [3.63, 3.8) is 0 Å². The third-order valence-electron chi connectivity index (χ3n) is 3.18. The lowest BCUT2D eigenvalue weighted by Gasteiger charge is -2.04. The monoisotopic (exact) mass is 309 g/mol. The maximum absolute atomic E-state index is 12.2. The highest BCUT2D eigenvalue weighted by Crippen LogP contribution is 2.18. The van der Waals surface area contributed by atoms with Crippen molar-refractivity contribution in [1.82, 2.24) is 5.43 Å². The molecule has 0 fully saturated rings. The minimum absolute atomic E-state index is 0.176. The number of benzene rings is 2. The lowest BCUT2D eigenvalue weighted by atomic mass is 10.0. The van der Waals surface area contributed by atoms with E-state index in [4.69, 9.17) is 4.42 Å². The van der Waals surface area contributed by atoms with E-state index < -0.39 is 4.92 Å². The zero-order chi connectivity index (χ0) is 16.2. The smallest absolute Gasteiger partial charge is 0.400 e. The van der Waals surface area contributed by atoms with Gasteiger partial charge < -0.3 is 4.42 Å². The lowest BCUT2D eigenvalue weighted by Crippen LogP contribution is -2.17. The molecule has 114 valence electrons. The second-order valence-electron chi connectivity index (χ2n) is 4.66. The number of fused-ring (bicyclic) bond motifs is 1. The molecule has 0 radical (unpaired) electrons. The van der Waals surface area contributed by atoms with E-state index in [1.165, 1.54) is 18.3 Å². The predicted molar refractivity (Wildman–Crippen MR) is 84.4 cm³/mol. The second-order valence-corrected chi connectivity index (χ2v) is 4.66. The fraction of sp³-hybridized carbons (Fsp3) is 0. The van der Waals surface area contributed by atoms with Crippen LogP contribution in [0.4, 0.5) is 5.88 Å². The topological polar surface area (TPSA) is 97.7 Å². The summed E-state index contributed by atoms with van der Waals surface area (Å²) in [6.45, 7) is 0. The Labute approximate surface area is 130 Å². The molecular weight excluding hydrogens is 298 g/mol. The molecule has 1 N–H and O–H groups in total. The van der Waals surface area contributed by atoms with Crippen LogP contribution in [0.5, 0.6) is 0 Å². The van der Waals surface area contributed by atoms with Gasteiger partial charge in [0.1, 0.15) is 4.92 Å². The highest BCUT2D eigenvalue weighted by atomic mass is 16.6. The first-order valence-corrected chi connectivity index (χ1v) is 6.70. The lowest BCUT2D eigenvalue weighted by molar-refractivity contribution is -0.402. The van der Waals surface area contributed by atoms with Gasteiger partial charge >= 0.3 is 5.88 Å². The molecule has 0 saturated heterocycles. The Morgan fingerprint density at radius 3 is 2.70 bits per heavy atom. The average molecular weight is 309 g/mol. The number of hydrogen-bond donors (Lipinski definition) is 1. The van der Waals surface area contributed by atoms with E-state index >= 15 is 0 Å². The van der Waals surface area contributed by atoms with Crippen LogP contribution in [-0.2, 0) is 0 Å². The molecule has 0 aliphatic heterocycles. The van der Waals surface area contributed by atoms with E-state index in [2.05, 4.69) is 10.5 Å². The van der Waals surface area contributed by atoms with Crippen molar-refractivity contribution in [2.75, 3.05) is 0 Å². The first-order valence-electron chi connectivity index (χ1n) is 6.70. The van der Waals surface area contributed by atoms with Crippen LogP contribution in [0.3, 0.4) is 0 Å². The second kappa shape index (κ2) is 6.10. The van der Waals surface area contributed by atoms with Gasteiger partial charge in [0.05, 0.1) is 12.3 Å². The van der Waals surface area contributed by atoms with Crippen molar-refractivity contribution in [2.45, 2.75) is 0 Å². The number of hydrogen-bond acceptors (Lipinski definition) is 5. The van der Waals surface area contributed by atoms with Gasteiger partial charge in [-0.05, 0) is 22.9 Å². The van der Waals surface area contributed by atoms with Gasteiger partial charge in [0.15, 0.2) is 5.76 Å². The molecule has 3 rings (SSSR count). The van der Waals surface area contributed by atoms with Gasteiger partial charge in [0, 0.05) is 5.56 Å². The van der Waals surface area contributed by atoms with E-state index in [1.54, 1.807) is 12.1 Å². The molecule has 1 amide bonds. The largest absolute Gasteiger partial charge is 0.433 e. The fourth-order valence-electron chi connectivity index (χ4n) is 2.15. The number of nitrogens with one attached hydrogen (secondary N) is 1. The number of rotatable bonds is 4. The fourth-order valence-corrected chi connectivity index (χ4v) is 2.15. The van der Waals surface area contributed by atoms with Gasteiger partial charge in [-0.2, -0.15) is 5.10 Å². The van der Waals surface area contributed by atoms with E-state index in [-0.39, 0.29) is 17.6 Å². The maximum Gasteiger partial charge on any atom is 0.433 e. The molecule has 1 heterocycles. The molecule has 7 heteroatoms. The molecule has 7 nitrogen and oxygen atoms in total. The van der Waals surface area contributed by atoms with Gasteiger partial charge in [-0.1, -0.05) is 36.4 Å². The molecule has 0 aliphatic rings. The summed E-state index contributed by atoms with van der Waals surface area (Å²) in [6, 6.07) is 15.5. The number of hydrazone groups is 1. The zero-order valence-corrected chi connectivity index (χ0v) is 11.8. The van der Waals surface area contributed by atoms with Crippen LogP contribution in [0.25, 0.3) is 10.8 Å². The van der Waals surface area contributed by atoms with E-state index in [9.17, 15) is 14.9 Å². The van der Waals surface area contributed by atoms with Gasteiger partial charge in [-0.3, -0.25) is 14.9 Å². The minimum atomic E-state index is -0.647. The van der Waals surface area contributed by atoms with Crippen molar-refractivity contribution in [1.29, 1.82) is 0 Å². The Bertz CT molecular complexity index is 909. The Morgan fingerprint density at radius 2 is 1.91 bits per heavy atom. The van der Waals surface area contributed by atoms with Gasteiger partial charge in [0.2, 0.25) is 0 Å². The highest BCUT2D eigenvalue weighted by Gasteiger charge is 2.11. The molecule has 0 aliphatic carbocycles. The number of carbonyl (C=O) groups is 1. The normalized spacial score (nSPS) is 11.0. The van der Waals surface area contributed by atoms with Crippen LogP contribution >= 0.6 is 0 Å². The van der Waals surface area contributed by atoms with Gasteiger partial charge in [-0.15, -0.1) is 0 Å². The van der Waals surface area contributed by atoms with Crippen molar-refractivity contribution in [3.8, 4) is 0 Å². The van der Waals surface area contributed by atoms with Gasteiger partial charge in [-0.25, -0.2) is 5.43 Å². The predicted octanol–water partition coefficient (Wildman–Crippen LogP) is 3.10. The van der Waals surface area contributed by atoms with Crippen LogP contribution in [0.1, 0.15) is 16.1 Å². The number of furan rings is 1. The first kappa shape index (κ1) is 14.5. The van der Waals surface area contributed by atoms with Crippen LogP contribution in [0.15, 0.2) is 64.1 Å². The Morgan fingerprint density at radius 1 is 1.13 bits per heavy atom. The van der Waals surface area contributed by atoms with E-state index in [0.717, 1.165) is 10.8 Å². The van der Waals surface area contributed by atoms with Crippen LogP contribution in [0, 0.1) is 10.1 Å².